The van der Waals surface area contributed by atoms with E-state index in [2.05, 4.69) is 40.7 Å². The molecule has 1 aliphatic heterocycles. The van der Waals surface area contributed by atoms with Crippen molar-refractivity contribution in [3.05, 3.63) is 29.3 Å². The lowest BCUT2D eigenvalue weighted by atomic mass is 10.1. The zero-order valence-corrected chi connectivity index (χ0v) is 17.2. The smallest absolute Gasteiger partial charge is 0.191 e. The second-order valence-electron chi connectivity index (χ2n) is 7.19. The van der Waals surface area contributed by atoms with Crippen LogP contribution in [-0.2, 0) is 16.0 Å². The van der Waals surface area contributed by atoms with Gasteiger partial charge in [-0.3, -0.25) is 4.99 Å². The van der Waals surface area contributed by atoms with Gasteiger partial charge in [-0.2, -0.15) is 0 Å². The van der Waals surface area contributed by atoms with Crippen LogP contribution in [0.1, 0.15) is 44.2 Å². The minimum absolute atomic E-state index is 0.151. The first kappa shape index (κ1) is 21.5. The van der Waals surface area contributed by atoms with Crippen LogP contribution >= 0.6 is 0 Å². The van der Waals surface area contributed by atoms with Gasteiger partial charge in [0.1, 0.15) is 5.75 Å². The van der Waals surface area contributed by atoms with Crippen molar-refractivity contribution in [2.45, 2.75) is 58.8 Å². The van der Waals surface area contributed by atoms with Gasteiger partial charge in [0.2, 0.25) is 0 Å². The molecular weight excluding hydrogens is 342 g/mol. The minimum Gasteiger partial charge on any atom is -0.491 e. The molecule has 1 unspecified atom stereocenters. The Labute approximate surface area is 163 Å². The SMILES string of the molecule is CN=C(NCCCOCC1CCCO1)NCc1ccc(C)cc1OC(C)C. The molecule has 6 nitrogen and oxygen atoms in total. The maximum atomic E-state index is 5.93. The van der Waals surface area contributed by atoms with Crippen molar-refractivity contribution in [3.8, 4) is 5.75 Å². The molecule has 0 saturated carbocycles. The molecule has 27 heavy (non-hydrogen) atoms. The van der Waals surface area contributed by atoms with E-state index in [1.54, 1.807) is 7.05 Å². The fraction of sp³-hybridized carbons (Fsp3) is 0.667. The number of hydrogen-bond acceptors (Lipinski definition) is 4. The molecule has 0 bridgehead atoms. The van der Waals surface area contributed by atoms with Crippen molar-refractivity contribution in [2.75, 3.05) is 33.4 Å². The van der Waals surface area contributed by atoms with E-state index in [4.69, 9.17) is 14.2 Å². The van der Waals surface area contributed by atoms with Gasteiger partial charge in [0.25, 0.3) is 0 Å². The average molecular weight is 378 g/mol. The highest BCUT2D eigenvalue weighted by Gasteiger charge is 2.14. The molecule has 0 aromatic heterocycles. The summed E-state index contributed by atoms with van der Waals surface area (Å²) in [6.07, 6.45) is 3.65. The summed E-state index contributed by atoms with van der Waals surface area (Å²) in [6.45, 7) is 9.95. The van der Waals surface area contributed by atoms with Crippen molar-refractivity contribution >= 4 is 5.96 Å². The van der Waals surface area contributed by atoms with Gasteiger partial charge in [0, 0.05) is 38.9 Å². The Kier molecular flexibility index (Phi) is 9.42. The Morgan fingerprint density at radius 2 is 2.19 bits per heavy atom. The van der Waals surface area contributed by atoms with E-state index in [0.717, 1.165) is 56.3 Å². The quantitative estimate of drug-likeness (QED) is 0.373. The molecule has 1 saturated heterocycles. The molecule has 0 spiro atoms. The molecule has 1 atom stereocenters. The number of hydrogen-bond donors (Lipinski definition) is 2. The van der Waals surface area contributed by atoms with Crippen LogP contribution in [-0.4, -0.2) is 51.6 Å². The molecule has 1 fully saturated rings. The maximum absolute atomic E-state index is 5.93. The van der Waals surface area contributed by atoms with Gasteiger partial charge in [-0.05, 0) is 51.7 Å². The Morgan fingerprint density at radius 1 is 1.33 bits per heavy atom. The summed E-state index contributed by atoms with van der Waals surface area (Å²) >= 11 is 0. The number of nitrogens with zero attached hydrogens (tertiary/aromatic N) is 1. The van der Waals surface area contributed by atoms with Crippen LogP contribution in [0.15, 0.2) is 23.2 Å². The van der Waals surface area contributed by atoms with E-state index in [1.807, 2.05) is 13.8 Å². The predicted molar refractivity (Wildman–Crippen MR) is 110 cm³/mol. The van der Waals surface area contributed by atoms with Crippen molar-refractivity contribution in [1.29, 1.82) is 0 Å². The van der Waals surface area contributed by atoms with Crippen LogP contribution in [0.3, 0.4) is 0 Å². The van der Waals surface area contributed by atoms with Gasteiger partial charge < -0.3 is 24.8 Å². The molecule has 152 valence electrons. The van der Waals surface area contributed by atoms with Gasteiger partial charge in [-0.25, -0.2) is 0 Å². The third-order valence-corrected chi connectivity index (χ3v) is 4.34. The van der Waals surface area contributed by atoms with Gasteiger partial charge in [0.15, 0.2) is 5.96 Å². The van der Waals surface area contributed by atoms with E-state index in [0.29, 0.717) is 19.3 Å². The van der Waals surface area contributed by atoms with Crippen molar-refractivity contribution in [3.63, 3.8) is 0 Å². The number of rotatable bonds is 10. The standard InChI is InChI=1S/C21H35N3O3/c1-16(2)27-20-13-17(3)8-9-18(20)14-24-21(22-4)23-10-6-11-25-15-19-7-5-12-26-19/h8-9,13,16,19H,5-7,10-12,14-15H2,1-4H3,(H2,22,23,24). The zero-order chi connectivity index (χ0) is 19.5. The van der Waals surface area contributed by atoms with E-state index in [1.165, 1.54) is 5.56 Å². The summed E-state index contributed by atoms with van der Waals surface area (Å²) in [7, 11) is 1.78. The van der Waals surface area contributed by atoms with Crippen molar-refractivity contribution in [1.82, 2.24) is 10.6 Å². The molecule has 1 aliphatic rings. The largest absolute Gasteiger partial charge is 0.491 e. The second-order valence-corrected chi connectivity index (χ2v) is 7.19. The number of aliphatic imine (C=N–C) groups is 1. The van der Waals surface area contributed by atoms with Gasteiger partial charge in [-0.1, -0.05) is 12.1 Å². The first-order valence-corrected chi connectivity index (χ1v) is 9.98. The zero-order valence-electron chi connectivity index (χ0n) is 17.2. The van der Waals surface area contributed by atoms with Crippen LogP contribution in [0.4, 0.5) is 0 Å². The van der Waals surface area contributed by atoms with Crippen LogP contribution in [0.2, 0.25) is 0 Å². The van der Waals surface area contributed by atoms with Crippen LogP contribution in [0.5, 0.6) is 5.75 Å². The molecule has 0 amide bonds. The number of ether oxygens (including phenoxy) is 3. The highest BCUT2D eigenvalue weighted by Crippen LogP contribution is 2.21. The first-order valence-electron chi connectivity index (χ1n) is 9.98. The Balaban J connectivity index is 1.67. The van der Waals surface area contributed by atoms with Crippen molar-refractivity contribution in [2.24, 2.45) is 4.99 Å². The summed E-state index contributed by atoms with van der Waals surface area (Å²) < 4.78 is 17.2. The molecule has 2 rings (SSSR count). The Morgan fingerprint density at radius 3 is 2.89 bits per heavy atom. The average Bonchev–Trinajstić information content (AvgIpc) is 3.14. The van der Waals surface area contributed by atoms with Crippen LogP contribution < -0.4 is 15.4 Å². The lowest BCUT2D eigenvalue weighted by Crippen LogP contribution is -2.37. The van der Waals surface area contributed by atoms with Gasteiger partial charge in [0.05, 0.1) is 18.8 Å². The number of benzene rings is 1. The van der Waals surface area contributed by atoms with E-state index in [-0.39, 0.29) is 6.10 Å². The highest BCUT2D eigenvalue weighted by atomic mass is 16.5. The van der Waals surface area contributed by atoms with E-state index >= 15 is 0 Å². The molecule has 1 aromatic carbocycles. The molecule has 6 heteroatoms. The van der Waals surface area contributed by atoms with Gasteiger partial charge in [-0.15, -0.1) is 0 Å². The molecule has 0 aliphatic carbocycles. The molecule has 2 N–H and O–H groups in total. The Hall–Kier alpha value is -1.79. The molecular formula is C21H35N3O3. The summed E-state index contributed by atoms with van der Waals surface area (Å²) in [5.41, 5.74) is 2.32. The predicted octanol–water partition coefficient (Wildman–Crippen LogP) is 3.03. The van der Waals surface area contributed by atoms with E-state index < -0.39 is 0 Å². The molecule has 0 radical (unpaired) electrons. The minimum atomic E-state index is 0.151. The molecule has 1 heterocycles. The topological polar surface area (TPSA) is 64.1 Å². The summed E-state index contributed by atoms with van der Waals surface area (Å²) in [5, 5.41) is 6.68. The van der Waals surface area contributed by atoms with Crippen LogP contribution in [0.25, 0.3) is 0 Å². The highest BCUT2D eigenvalue weighted by molar-refractivity contribution is 5.79. The maximum Gasteiger partial charge on any atom is 0.191 e. The summed E-state index contributed by atoms with van der Waals surface area (Å²) in [4.78, 5) is 4.28. The van der Waals surface area contributed by atoms with E-state index in [9.17, 15) is 0 Å². The fourth-order valence-electron chi connectivity index (χ4n) is 2.94. The fourth-order valence-corrected chi connectivity index (χ4v) is 2.94. The number of aryl methyl sites for hydroxylation is 1. The van der Waals surface area contributed by atoms with Gasteiger partial charge >= 0.3 is 0 Å². The number of nitrogens with one attached hydrogen (secondary N) is 2. The summed E-state index contributed by atoms with van der Waals surface area (Å²) in [5.74, 6) is 1.71. The third kappa shape index (κ3) is 8.18. The number of guanidine groups is 1. The lowest BCUT2D eigenvalue weighted by Gasteiger charge is -2.17. The summed E-state index contributed by atoms with van der Waals surface area (Å²) in [6, 6.07) is 6.29. The molecule has 1 aromatic rings. The second kappa shape index (κ2) is 11.8. The van der Waals surface area contributed by atoms with Crippen LogP contribution in [0, 0.1) is 6.92 Å². The third-order valence-electron chi connectivity index (χ3n) is 4.34. The first-order chi connectivity index (χ1) is 13.1. The monoisotopic (exact) mass is 377 g/mol. The Bertz CT molecular complexity index is 584. The normalized spacial score (nSPS) is 17.4. The van der Waals surface area contributed by atoms with Crippen molar-refractivity contribution < 1.29 is 14.2 Å². The lowest BCUT2D eigenvalue weighted by molar-refractivity contribution is 0.0168.